The van der Waals surface area contributed by atoms with Gasteiger partial charge in [0.15, 0.2) is 0 Å². The summed E-state index contributed by atoms with van der Waals surface area (Å²) in [4.78, 5) is 38.8. The molecular weight excluding hydrogens is 296 g/mol. The van der Waals surface area contributed by atoms with E-state index in [0.29, 0.717) is 15.6 Å². The van der Waals surface area contributed by atoms with Crippen LogP contribution >= 0.6 is 0 Å². The maximum Gasteiger partial charge on any atom is 0.329 e. The van der Waals surface area contributed by atoms with Crippen LogP contribution < -0.4 is 16.4 Å². The first-order chi connectivity index (χ1) is 11.1. The molecule has 1 aromatic heterocycles. The van der Waals surface area contributed by atoms with Crippen LogP contribution in [0.5, 0.6) is 0 Å². The van der Waals surface area contributed by atoms with Gasteiger partial charge in [0.1, 0.15) is 0 Å². The van der Waals surface area contributed by atoms with Gasteiger partial charge >= 0.3 is 5.69 Å². The number of carbonyl (C=O) groups excluding carboxylic acids is 1. The third-order valence-corrected chi connectivity index (χ3v) is 3.69. The average Bonchev–Trinajstić information content (AvgIpc) is 2.54. The minimum atomic E-state index is -1.48. The van der Waals surface area contributed by atoms with Crippen LogP contribution in [0.1, 0.15) is 11.6 Å². The molecule has 3 rings (SSSR count). The smallest absolute Gasteiger partial charge is 0.329 e. The fourth-order valence-electron chi connectivity index (χ4n) is 2.58. The van der Waals surface area contributed by atoms with Gasteiger partial charge in [-0.2, -0.15) is 0 Å². The zero-order valence-electron chi connectivity index (χ0n) is 12.1. The Hall–Kier alpha value is -3.15. The van der Waals surface area contributed by atoms with E-state index in [1.807, 2.05) is 0 Å². The lowest BCUT2D eigenvalue weighted by Gasteiger charge is -2.20. The highest BCUT2D eigenvalue weighted by molar-refractivity contribution is 5.77. The maximum absolute atomic E-state index is 12.5. The van der Waals surface area contributed by atoms with Crippen molar-refractivity contribution in [2.24, 2.45) is 0 Å². The molecule has 1 heterocycles. The van der Waals surface area contributed by atoms with Crippen LogP contribution in [0.25, 0.3) is 10.9 Å². The van der Waals surface area contributed by atoms with Crippen molar-refractivity contribution in [2.75, 3.05) is 0 Å². The number of aromatic nitrogens is 2. The number of H-pyrrole nitrogens is 1. The van der Waals surface area contributed by atoms with Crippen LogP contribution in [0.2, 0.25) is 0 Å². The summed E-state index contributed by atoms with van der Waals surface area (Å²) >= 11 is 0. The maximum atomic E-state index is 12.5. The molecule has 23 heavy (non-hydrogen) atoms. The highest BCUT2D eigenvalue weighted by atomic mass is 16.4. The summed E-state index contributed by atoms with van der Waals surface area (Å²) in [7, 11) is 0. The van der Waals surface area contributed by atoms with Crippen molar-refractivity contribution in [1.82, 2.24) is 9.55 Å². The second-order valence-electron chi connectivity index (χ2n) is 5.18. The molecule has 0 bridgehead atoms. The third-order valence-electron chi connectivity index (χ3n) is 3.69. The molecule has 3 aromatic rings. The van der Waals surface area contributed by atoms with E-state index < -0.39 is 23.3 Å². The predicted molar refractivity (Wildman–Crippen MR) is 83.0 cm³/mol. The second kappa shape index (κ2) is 5.92. The number of aromatic amines is 1. The van der Waals surface area contributed by atoms with E-state index in [4.69, 9.17) is 0 Å². The van der Waals surface area contributed by atoms with E-state index in [1.54, 1.807) is 54.6 Å². The van der Waals surface area contributed by atoms with Crippen LogP contribution in [0.4, 0.5) is 0 Å². The zero-order chi connectivity index (χ0) is 16.4. The number of para-hydroxylation sites is 1. The first kappa shape index (κ1) is 14.8. The number of fused-ring (bicyclic) bond motifs is 1. The molecule has 116 valence electrons. The first-order valence-corrected chi connectivity index (χ1v) is 7.06. The molecule has 1 N–H and O–H groups in total. The number of aliphatic carboxylic acids is 1. The van der Waals surface area contributed by atoms with Gasteiger partial charge in [0.25, 0.3) is 5.56 Å². The molecule has 0 unspecified atom stereocenters. The zero-order valence-corrected chi connectivity index (χ0v) is 12.1. The highest BCUT2D eigenvalue weighted by Gasteiger charge is 2.19. The topological polar surface area (TPSA) is 95.0 Å². The Bertz CT molecular complexity index is 973. The molecule has 0 fully saturated rings. The van der Waals surface area contributed by atoms with Crippen LogP contribution in [-0.4, -0.2) is 15.5 Å². The fourth-order valence-corrected chi connectivity index (χ4v) is 2.58. The van der Waals surface area contributed by atoms with Gasteiger partial charge in [0, 0.05) is 0 Å². The van der Waals surface area contributed by atoms with E-state index in [1.165, 1.54) is 0 Å². The SMILES string of the molecule is O=C([O-])[C@@H](Cc1ccccc1)n1c(=O)[nH]c2ccccc2c1=O. The van der Waals surface area contributed by atoms with Gasteiger partial charge in [-0.25, -0.2) is 4.79 Å². The highest BCUT2D eigenvalue weighted by Crippen LogP contribution is 2.12. The molecule has 0 aliphatic carbocycles. The Morgan fingerprint density at radius 2 is 1.70 bits per heavy atom. The van der Waals surface area contributed by atoms with Crippen LogP contribution in [0.15, 0.2) is 64.2 Å². The Labute approximate surface area is 130 Å². The van der Waals surface area contributed by atoms with Gasteiger partial charge in [-0.15, -0.1) is 0 Å². The third kappa shape index (κ3) is 2.78. The molecule has 2 aromatic carbocycles. The second-order valence-corrected chi connectivity index (χ2v) is 5.18. The number of nitrogens with zero attached hydrogens (tertiary/aromatic N) is 1. The number of rotatable bonds is 4. The number of carboxylic acids is 1. The number of hydrogen-bond acceptors (Lipinski definition) is 4. The normalized spacial score (nSPS) is 12.2. The van der Waals surface area contributed by atoms with E-state index in [-0.39, 0.29) is 11.8 Å². The van der Waals surface area contributed by atoms with Gasteiger partial charge in [-0.3, -0.25) is 9.36 Å². The molecule has 1 atom stereocenters. The number of benzene rings is 2. The lowest BCUT2D eigenvalue weighted by atomic mass is 10.1. The molecule has 0 saturated heterocycles. The van der Waals surface area contributed by atoms with Crippen molar-refractivity contribution in [1.29, 1.82) is 0 Å². The van der Waals surface area contributed by atoms with Gasteiger partial charge < -0.3 is 14.9 Å². The monoisotopic (exact) mass is 309 g/mol. The van der Waals surface area contributed by atoms with Gasteiger partial charge in [-0.1, -0.05) is 42.5 Å². The Morgan fingerprint density at radius 1 is 1.04 bits per heavy atom. The molecule has 0 aliphatic rings. The molecule has 0 radical (unpaired) electrons. The van der Waals surface area contributed by atoms with Gasteiger partial charge in [0.05, 0.1) is 22.9 Å². The molecule has 0 amide bonds. The summed E-state index contributed by atoms with van der Waals surface area (Å²) in [5, 5.41) is 11.8. The van der Waals surface area contributed by atoms with E-state index in [9.17, 15) is 19.5 Å². The van der Waals surface area contributed by atoms with Crippen LogP contribution in [-0.2, 0) is 11.2 Å². The summed E-state index contributed by atoms with van der Waals surface area (Å²) in [6.45, 7) is 0. The van der Waals surface area contributed by atoms with Crippen molar-refractivity contribution >= 4 is 16.9 Å². The van der Waals surface area contributed by atoms with Gasteiger partial charge in [-0.05, 0) is 24.1 Å². The molecule has 6 nitrogen and oxygen atoms in total. The molecular formula is C17H13N2O4-. The summed E-state index contributed by atoms with van der Waals surface area (Å²) in [6.07, 6.45) is -0.00942. The molecule has 0 aliphatic heterocycles. The number of hydrogen-bond donors (Lipinski definition) is 1. The first-order valence-electron chi connectivity index (χ1n) is 7.06. The van der Waals surface area contributed by atoms with Crippen molar-refractivity contribution in [3.8, 4) is 0 Å². The fraction of sp³-hybridized carbons (Fsp3) is 0.118. The Kier molecular flexibility index (Phi) is 3.80. The molecule has 0 spiro atoms. The van der Waals surface area contributed by atoms with E-state index in [0.717, 1.165) is 0 Å². The standard InChI is InChI=1S/C17H14N2O4/c20-15-12-8-4-5-9-13(12)18-17(23)19(15)14(16(21)22)10-11-6-2-1-3-7-11/h1-9,14H,10H2,(H,18,23)(H,21,22)/p-1/t14-/m1/s1. The summed E-state index contributed by atoms with van der Waals surface area (Å²) in [5.41, 5.74) is -0.343. The largest absolute Gasteiger partial charge is 0.548 e. The minimum Gasteiger partial charge on any atom is -0.548 e. The van der Waals surface area contributed by atoms with Crippen molar-refractivity contribution in [3.05, 3.63) is 81.0 Å². The van der Waals surface area contributed by atoms with E-state index in [2.05, 4.69) is 4.98 Å². The summed E-state index contributed by atoms with van der Waals surface area (Å²) in [5.74, 6) is -1.48. The Balaban J connectivity index is 2.17. The predicted octanol–water partition coefficient (Wildman–Crippen LogP) is 0.223. The molecule has 6 heteroatoms. The average molecular weight is 309 g/mol. The minimum absolute atomic E-state index is 0.00942. The summed E-state index contributed by atoms with van der Waals surface area (Å²) in [6, 6.07) is 13.9. The number of nitrogens with one attached hydrogen (secondary N) is 1. The number of carboxylic acid groups (broad SMARTS) is 1. The summed E-state index contributed by atoms with van der Waals surface area (Å²) < 4.78 is 0.713. The van der Waals surface area contributed by atoms with Crippen LogP contribution in [0.3, 0.4) is 0 Å². The van der Waals surface area contributed by atoms with E-state index >= 15 is 0 Å². The van der Waals surface area contributed by atoms with Crippen molar-refractivity contribution < 1.29 is 9.90 Å². The van der Waals surface area contributed by atoms with Crippen molar-refractivity contribution in [3.63, 3.8) is 0 Å². The lowest BCUT2D eigenvalue weighted by Crippen LogP contribution is -2.46. The quantitative estimate of drug-likeness (QED) is 0.746. The van der Waals surface area contributed by atoms with Gasteiger partial charge in [0.2, 0.25) is 0 Å². The Morgan fingerprint density at radius 3 is 2.39 bits per heavy atom. The number of carbonyl (C=O) groups is 1. The molecule has 0 saturated carbocycles. The van der Waals surface area contributed by atoms with Crippen molar-refractivity contribution in [2.45, 2.75) is 12.5 Å². The van der Waals surface area contributed by atoms with Crippen LogP contribution in [0, 0.1) is 0 Å². The lowest BCUT2D eigenvalue weighted by molar-refractivity contribution is -0.310.